The molecule has 1 atom stereocenters. The molecule has 0 spiro atoms. The molecule has 0 aliphatic carbocycles. The van der Waals surface area contributed by atoms with Crippen molar-refractivity contribution < 1.29 is 0 Å². The van der Waals surface area contributed by atoms with Crippen LogP contribution in [0, 0.1) is 0 Å². The number of rotatable bonds is 8. The fourth-order valence-electron chi connectivity index (χ4n) is 2.37. The van der Waals surface area contributed by atoms with Crippen LogP contribution in [0.25, 0.3) is 0 Å². The molecule has 1 unspecified atom stereocenters. The van der Waals surface area contributed by atoms with Crippen LogP contribution in [0.2, 0.25) is 0 Å². The molecular weight excluding hydrogens is 232 g/mol. The highest BCUT2D eigenvalue weighted by atomic mass is 15.1. The van der Waals surface area contributed by atoms with Gasteiger partial charge in [0.05, 0.1) is 0 Å². The van der Waals surface area contributed by atoms with Crippen molar-refractivity contribution >= 4 is 5.69 Å². The van der Waals surface area contributed by atoms with Crippen molar-refractivity contribution in [2.45, 2.75) is 65.5 Å². The summed E-state index contributed by atoms with van der Waals surface area (Å²) < 4.78 is 0. The summed E-state index contributed by atoms with van der Waals surface area (Å²) in [6.07, 6.45) is 4.84. The molecule has 0 heterocycles. The highest BCUT2D eigenvalue weighted by Gasteiger charge is 2.11. The van der Waals surface area contributed by atoms with Crippen LogP contribution in [0.4, 0.5) is 5.69 Å². The topological polar surface area (TPSA) is 29.3 Å². The lowest BCUT2D eigenvalue weighted by molar-refractivity contribution is 0.625. The lowest BCUT2D eigenvalue weighted by Gasteiger charge is -2.29. The average molecular weight is 262 g/mol. The second kappa shape index (κ2) is 8.21. The van der Waals surface area contributed by atoms with E-state index >= 15 is 0 Å². The number of hydrogen-bond donors (Lipinski definition) is 1. The Morgan fingerprint density at radius 1 is 1.05 bits per heavy atom. The van der Waals surface area contributed by atoms with Gasteiger partial charge in [-0.1, -0.05) is 38.8 Å². The Bertz CT molecular complexity index is 343. The van der Waals surface area contributed by atoms with Crippen LogP contribution >= 0.6 is 0 Å². The molecule has 0 bridgehead atoms. The summed E-state index contributed by atoms with van der Waals surface area (Å²) in [6.45, 7) is 10.0. The van der Waals surface area contributed by atoms with Crippen molar-refractivity contribution in [2.24, 2.45) is 5.73 Å². The summed E-state index contributed by atoms with van der Waals surface area (Å²) in [4.78, 5) is 2.48. The highest BCUT2D eigenvalue weighted by Crippen LogP contribution is 2.22. The van der Waals surface area contributed by atoms with Crippen LogP contribution < -0.4 is 10.6 Å². The van der Waals surface area contributed by atoms with Gasteiger partial charge in [-0.15, -0.1) is 0 Å². The number of nitrogens with zero attached hydrogens (tertiary/aromatic N) is 1. The second-order valence-electron chi connectivity index (χ2n) is 5.60. The SMILES string of the molecule is CCCCCN(c1ccc(C(N)CC)cc1)C(C)C. The Balaban J connectivity index is 2.74. The summed E-state index contributed by atoms with van der Waals surface area (Å²) in [5, 5.41) is 0. The van der Waals surface area contributed by atoms with E-state index in [9.17, 15) is 0 Å². The van der Waals surface area contributed by atoms with Gasteiger partial charge >= 0.3 is 0 Å². The molecule has 0 radical (unpaired) electrons. The van der Waals surface area contributed by atoms with Crippen molar-refractivity contribution in [2.75, 3.05) is 11.4 Å². The van der Waals surface area contributed by atoms with Gasteiger partial charge in [0.25, 0.3) is 0 Å². The highest BCUT2D eigenvalue weighted by molar-refractivity contribution is 5.48. The molecule has 0 saturated heterocycles. The third-order valence-corrected chi connectivity index (χ3v) is 3.72. The van der Waals surface area contributed by atoms with E-state index in [1.807, 2.05) is 0 Å². The minimum atomic E-state index is 0.168. The Kier molecular flexibility index (Phi) is 6.93. The van der Waals surface area contributed by atoms with Crippen LogP contribution in [0.3, 0.4) is 0 Å². The first kappa shape index (κ1) is 16.0. The lowest BCUT2D eigenvalue weighted by atomic mass is 10.0. The lowest BCUT2D eigenvalue weighted by Crippen LogP contribution is -2.31. The third kappa shape index (κ3) is 4.87. The van der Waals surface area contributed by atoms with Crippen LogP contribution in [0.5, 0.6) is 0 Å². The molecule has 0 amide bonds. The summed E-state index contributed by atoms with van der Waals surface area (Å²) in [5.41, 5.74) is 8.62. The van der Waals surface area contributed by atoms with Gasteiger partial charge in [0, 0.05) is 24.3 Å². The molecule has 1 aromatic carbocycles. The van der Waals surface area contributed by atoms with Gasteiger partial charge in [0.1, 0.15) is 0 Å². The van der Waals surface area contributed by atoms with E-state index in [4.69, 9.17) is 5.73 Å². The zero-order valence-electron chi connectivity index (χ0n) is 13.0. The van der Waals surface area contributed by atoms with Gasteiger partial charge in [-0.05, 0) is 44.4 Å². The Morgan fingerprint density at radius 3 is 2.16 bits per heavy atom. The summed E-state index contributed by atoms with van der Waals surface area (Å²) >= 11 is 0. The first-order valence-electron chi connectivity index (χ1n) is 7.72. The molecule has 0 aromatic heterocycles. The van der Waals surface area contributed by atoms with Crippen LogP contribution in [0.1, 0.15) is 65.0 Å². The van der Waals surface area contributed by atoms with Gasteiger partial charge in [-0.2, -0.15) is 0 Å². The number of benzene rings is 1. The first-order valence-corrected chi connectivity index (χ1v) is 7.72. The van der Waals surface area contributed by atoms with Crippen molar-refractivity contribution in [3.05, 3.63) is 29.8 Å². The molecule has 0 fully saturated rings. The van der Waals surface area contributed by atoms with Gasteiger partial charge < -0.3 is 10.6 Å². The van der Waals surface area contributed by atoms with Crippen molar-refractivity contribution in [3.63, 3.8) is 0 Å². The van der Waals surface area contributed by atoms with E-state index in [1.54, 1.807) is 0 Å². The Morgan fingerprint density at radius 2 is 1.68 bits per heavy atom. The molecule has 1 aromatic rings. The monoisotopic (exact) mass is 262 g/mol. The van der Waals surface area contributed by atoms with E-state index in [1.165, 1.54) is 30.5 Å². The largest absolute Gasteiger partial charge is 0.369 e. The molecule has 1 rings (SSSR count). The van der Waals surface area contributed by atoms with Gasteiger partial charge in [0.2, 0.25) is 0 Å². The molecule has 0 aliphatic heterocycles. The standard InChI is InChI=1S/C17H30N2/c1-5-7-8-13-19(14(3)4)16-11-9-15(10-12-16)17(18)6-2/h9-12,14,17H,5-8,13,18H2,1-4H3. The zero-order valence-corrected chi connectivity index (χ0v) is 13.0. The van der Waals surface area contributed by atoms with Crippen molar-refractivity contribution in [3.8, 4) is 0 Å². The number of hydrogen-bond acceptors (Lipinski definition) is 2. The van der Waals surface area contributed by atoms with Gasteiger partial charge in [0.15, 0.2) is 0 Å². The van der Waals surface area contributed by atoms with Crippen LogP contribution in [-0.4, -0.2) is 12.6 Å². The number of nitrogens with two attached hydrogens (primary N) is 1. The fourth-order valence-corrected chi connectivity index (χ4v) is 2.37. The second-order valence-corrected chi connectivity index (χ2v) is 5.60. The van der Waals surface area contributed by atoms with Crippen molar-refractivity contribution in [1.29, 1.82) is 0 Å². The Labute approximate surface area is 119 Å². The van der Waals surface area contributed by atoms with Gasteiger partial charge in [-0.3, -0.25) is 0 Å². The zero-order chi connectivity index (χ0) is 14.3. The van der Waals surface area contributed by atoms with E-state index in [2.05, 4.69) is 56.9 Å². The summed E-state index contributed by atoms with van der Waals surface area (Å²) in [6, 6.07) is 9.51. The fraction of sp³-hybridized carbons (Fsp3) is 0.647. The molecule has 0 aliphatic rings. The van der Waals surface area contributed by atoms with Gasteiger partial charge in [-0.25, -0.2) is 0 Å². The normalized spacial score (nSPS) is 12.7. The maximum absolute atomic E-state index is 6.06. The minimum absolute atomic E-state index is 0.168. The van der Waals surface area contributed by atoms with Crippen LogP contribution in [0.15, 0.2) is 24.3 Å². The average Bonchev–Trinajstić information content (AvgIpc) is 2.42. The number of anilines is 1. The van der Waals surface area contributed by atoms with E-state index in [-0.39, 0.29) is 6.04 Å². The number of unbranched alkanes of at least 4 members (excludes halogenated alkanes) is 2. The molecule has 0 saturated carbocycles. The summed E-state index contributed by atoms with van der Waals surface area (Å²) in [5.74, 6) is 0. The molecule has 2 heteroatoms. The van der Waals surface area contributed by atoms with E-state index < -0.39 is 0 Å². The molecule has 108 valence electrons. The van der Waals surface area contributed by atoms with Crippen LogP contribution in [-0.2, 0) is 0 Å². The molecule has 2 N–H and O–H groups in total. The Hall–Kier alpha value is -1.02. The maximum Gasteiger partial charge on any atom is 0.0368 e. The quantitative estimate of drug-likeness (QED) is 0.699. The van der Waals surface area contributed by atoms with Crippen molar-refractivity contribution in [1.82, 2.24) is 0 Å². The predicted molar refractivity (Wildman–Crippen MR) is 85.7 cm³/mol. The maximum atomic E-state index is 6.06. The van der Waals surface area contributed by atoms with E-state index in [0.29, 0.717) is 6.04 Å². The molecule has 2 nitrogen and oxygen atoms in total. The first-order chi connectivity index (χ1) is 9.10. The smallest absolute Gasteiger partial charge is 0.0368 e. The third-order valence-electron chi connectivity index (χ3n) is 3.72. The predicted octanol–water partition coefficient (Wildman–Crippen LogP) is 4.50. The molecule has 19 heavy (non-hydrogen) atoms. The van der Waals surface area contributed by atoms with E-state index in [0.717, 1.165) is 13.0 Å². The minimum Gasteiger partial charge on any atom is -0.369 e. The summed E-state index contributed by atoms with van der Waals surface area (Å²) in [7, 11) is 0. The molecular formula is C17H30N2.